The smallest absolute Gasteiger partial charge is 0.0497 e. The highest BCUT2D eigenvalue weighted by molar-refractivity contribution is 8.04. The van der Waals surface area contributed by atoms with E-state index >= 15 is 0 Å². The maximum atomic E-state index is 3.16. The molecule has 0 aliphatic heterocycles. The molecular formula is C9H12S. The van der Waals surface area contributed by atoms with Crippen LogP contribution in [0.1, 0.15) is 20.8 Å². The molecule has 1 aliphatic rings. The summed E-state index contributed by atoms with van der Waals surface area (Å²) in [5, 5.41) is 0. The molecule has 1 aliphatic carbocycles. The van der Waals surface area contributed by atoms with Gasteiger partial charge in [0.1, 0.15) is 0 Å². The molecule has 0 aromatic rings. The van der Waals surface area contributed by atoms with Gasteiger partial charge in [-0.1, -0.05) is 26.8 Å². The Bertz CT molecular complexity index is 209. The fourth-order valence-electron chi connectivity index (χ4n) is 0.707. The summed E-state index contributed by atoms with van der Waals surface area (Å²) in [6.45, 7) is 6.62. The highest BCUT2D eigenvalue weighted by atomic mass is 32.2. The van der Waals surface area contributed by atoms with Crippen LogP contribution in [0.25, 0.3) is 0 Å². The Balaban J connectivity index is 2.56. The first kappa shape index (κ1) is 7.71. The topological polar surface area (TPSA) is 0 Å². The van der Waals surface area contributed by atoms with Crippen molar-refractivity contribution in [2.45, 2.75) is 25.5 Å². The average Bonchev–Trinajstić information content (AvgIpc) is 2.12. The van der Waals surface area contributed by atoms with Crippen molar-refractivity contribution in [1.29, 1.82) is 0 Å². The highest BCUT2D eigenvalue weighted by Crippen LogP contribution is 2.31. The molecule has 10 heavy (non-hydrogen) atoms. The zero-order chi connectivity index (χ0) is 7.61. The molecule has 0 amide bonds. The molecule has 0 heterocycles. The molecule has 0 spiro atoms. The quantitative estimate of drug-likeness (QED) is 0.520. The molecule has 0 nitrogen and oxygen atoms in total. The lowest BCUT2D eigenvalue weighted by Gasteiger charge is -2.15. The van der Waals surface area contributed by atoms with Crippen LogP contribution in [0.15, 0.2) is 28.9 Å². The molecule has 1 heteroatoms. The first-order chi connectivity index (χ1) is 4.58. The van der Waals surface area contributed by atoms with Crippen LogP contribution in [-0.2, 0) is 0 Å². The first-order valence-electron chi connectivity index (χ1n) is 3.40. The molecule has 0 aromatic heterocycles. The lowest BCUT2D eigenvalue weighted by atomic mass is 10.3. The Morgan fingerprint density at radius 1 is 1.40 bits per heavy atom. The van der Waals surface area contributed by atoms with Gasteiger partial charge in [-0.05, 0) is 12.2 Å². The van der Waals surface area contributed by atoms with Gasteiger partial charge in [-0.25, -0.2) is 0 Å². The summed E-state index contributed by atoms with van der Waals surface area (Å²) >= 11 is 1.85. The second-order valence-electron chi connectivity index (χ2n) is 3.25. The van der Waals surface area contributed by atoms with E-state index in [1.165, 1.54) is 4.91 Å². The van der Waals surface area contributed by atoms with Gasteiger partial charge in [0.2, 0.25) is 0 Å². The van der Waals surface area contributed by atoms with E-state index in [9.17, 15) is 0 Å². The second-order valence-corrected chi connectivity index (χ2v) is 5.12. The second kappa shape index (κ2) is 2.69. The van der Waals surface area contributed by atoms with E-state index in [4.69, 9.17) is 0 Å². The maximum Gasteiger partial charge on any atom is 0.0497 e. The summed E-state index contributed by atoms with van der Waals surface area (Å²) in [6, 6.07) is 0. The van der Waals surface area contributed by atoms with Crippen molar-refractivity contribution in [2.75, 3.05) is 0 Å². The molecule has 1 rings (SSSR count). The zero-order valence-electron chi connectivity index (χ0n) is 6.64. The van der Waals surface area contributed by atoms with Gasteiger partial charge in [0.05, 0.1) is 0 Å². The molecule has 0 bridgehead atoms. The fourth-order valence-corrected chi connectivity index (χ4v) is 1.64. The lowest BCUT2D eigenvalue weighted by molar-refractivity contribution is 0.807. The number of hydrogen-bond donors (Lipinski definition) is 0. The minimum Gasteiger partial charge on any atom is -0.112 e. The van der Waals surface area contributed by atoms with Gasteiger partial charge in [0.15, 0.2) is 0 Å². The molecule has 0 radical (unpaired) electrons. The summed E-state index contributed by atoms with van der Waals surface area (Å²) in [6.07, 6.45) is 6.07. The van der Waals surface area contributed by atoms with E-state index in [2.05, 4.69) is 32.6 Å². The van der Waals surface area contributed by atoms with Crippen LogP contribution >= 0.6 is 11.8 Å². The standard InChI is InChI=1S/C9H12S/c1-9(2,3)10-8-6-4-5-7-8/h4-6H,1-3H3. The molecule has 0 N–H and O–H groups in total. The Morgan fingerprint density at radius 2 is 2.10 bits per heavy atom. The third-order valence-corrected chi connectivity index (χ3v) is 2.07. The van der Waals surface area contributed by atoms with Crippen molar-refractivity contribution in [1.82, 2.24) is 0 Å². The van der Waals surface area contributed by atoms with Crippen LogP contribution in [0.4, 0.5) is 0 Å². The third kappa shape index (κ3) is 2.47. The van der Waals surface area contributed by atoms with Crippen molar-refractivity contribution in [2.24, 2.45) is 0 Å². The summed E-state index contributed by atoms with van der Waals surface area (Å²) in [5.74, 6) is 0. The zero-order valence-corrected chi connectivity index (χ0v) is 7.46. The van der Waals surface area contributed by atoms with E-state index in [0.717, 1.165) is 0 Å². The molecular weight excluding hydrogens is 140 g/mol. The van der Waals surface area contributed by atoms with Crippen LogP contribution < -0.4 is 0 Å². The van der Waals surface area contributed by atoms with Gasteiger partial charge in [-0.3, -0.25) is 0 Å². The molecule has 0 fully saturated rings. The first-order valence-corrected chi connectivity index (χ1v) is 4.22. The minimum atomic E-state index is 0.310. The predicted octanol–water partition coefficient (Wildman–Crippen LogP) is 3.13. The normalized spacial score (nSPS) is 16.1. The van der Waals surface area contributed by atoms with Gasteiger partial charge >= 0.3 is 0 Å². The average molecular weight is 152 g/mol. The van der Waals surface area contributed by atoms with Crippen LogP contribution in [-0.4, -0.2) is 4.75 Å². The molecule has 0 saturated heterocycles. The van der Waals surface area contributed by atoms with E-state index in [0.29, 0.717) is 4.75 Å². The minimum absolute atomic E-state index is 0.310. The van der Waals surface area contributed by atoms with Crippen LogP contribution in [0.5, 0.6) is 0 Å². The van der Waals surface area contributed by atoms with E-state index < -0.39 is 0 Å². The van der Waals surface area contributed by atoms with Gasteiger partial charge in [-0.2, -0.15) is 0 Å². The Labute approximate surface area is 66.7 Å². The van der Waals surface area contributed by atoms with Crippen molar-refractivity contribution < 1.29 is 0 Å². The number of allylic oxidation sites excluding steroid dienone is 2. The number of thioether (sulfide) groups is 1. The molecule has 0 saturated carbocycles. The molecule has 0 aromatic carbocycles. The van der Waals surface area contributed by atoms with E-state index in [1.54, 1.807) is 0 Å². The third-order valence-electron chi connectivity index (χ3n) is 0.986. The van der Waals surface area contributed by atoms with Gasteiger partial charge in [0, 0.05) is 9.65 Å². The van der Waals surface area contributed by atoms with Gasteiger partial charge < -0.3 is 0 Å². The SMILES string of the molecule is CC(C)(C)SC1=C=CC=C1. The summed E-state index contributed by atoms with van der Waals surface area (Å²) in [4.78, 5) is 1.24. The summed E-state index contributed by atoms with van der Waals surface area (Å²) in [5.41, 5.74) is 3.16. The number of rotatable bonds is 1. The predicted molar refractivity (Wildman–Crippen MR) is 48.1 cm³/mol. The van der Waals surface area contributed by atoms with Crippen molar-refractivity contribution in [3.8, 4) is 0 Å². The maximum absolute atomic E-state index is 3.16. The van der Waals surface area contributed by atoms with E-state index in [1.807, 2.05) is 23.9 Å². The van der Waals surface area contributed by atoms with E-state index in [-0.39, 0.29) is 0 Å². The summed E-state index contributed by atoms with van der Waals surface area (Å²) < 4.78 is 0.310. The monoisotopic (exact) mass is 152 g/mol. The summed E-state index contributed by atoms with van der Waals surface area (Å²) in [7, 11) is 0. The van der Waals surface area contributed by atoms with Crippen molar-refractivity contribution in [3.63, 3.8) is 0 Å². The number of hydrogen-bond acceptors (Lipinski definition) is 1. The van der Waals surface area contributed by atoms with Crippen molar-refractivity contribution in [3.05, 3.63) is 28.9 Å². The highest BCUT2D eigenvalue weighted by Gasteiger charge is 2.12. The Morgan fingerprint density at radius 3 is 2.50 bits per heavy atom. The molecule has 0 atom stereocenters. The molecule has 54 valence electrons. The van der Waals surface area contributed by atoms with Crippen LogP contribution in [0, 0.1) is 0 Å². The lowest BCUT2D eigenvalue weighted by Crippen LogP contribution is -2.06. The largest absolute Gasteiger partial charge is 0.112 e. The van der Waals surface area contributed by atoms with Gasteiger partial charge in [-0.15, -0.1) is 17.5 Å². The molecule has 0 unspecified atom stereocenters. The Hall–Kier alpha value is -0.390. The van der Waals surface area contributed by atoms with Crippen LogP contribution in [0.3, 0.4) is 0 Å². The van der Waals surface area contributed by atoms with Crippen LogP contribution in [0.2, 0.25) is 0 Å². The van der Waals surface area contributed by atoms with Crippen molar-refractivity contribution >= 4 is 11.8 Å². The Kier molecular flexibility index (Phi) is 2.08. The van der Waals surface area contributed by atoms with Gasteiger partial charge in [0.25, 0.3) is 0 Å². The fraction of sp³-hybridized carbons (Fsp3) is 0.444.